The van der Waals surface area contributed by atoms with Gasteiger partial charge in [-0.15, -0.1) is 12.4 Å². The minimum Gasteiger partial charge on any atom is -0.357 e. The number of aryl methyl sites for hydroxylation is 2. The van der Waals surface area contributed by atoms with Crippen molar-refractivity contribution in [3.05, 3.63) is 70.4 Å². The van der Waals surface area contributed by atoms with Crippen LogP contribution in [0.25, 0.3) is 10.9 Å². The Morgan fingerprint density at radius 1 is 0.955 bits per heavy atom. The molecular formula is C19H21ClN2. The minimum atomic E-state index is 0. The van der Waals surface area contributed by atoms with E-state index >= 15 is 0 Å². The van der Waals surface area contributed by atoms with E-state index < -0.39 is 0 Å². The predicted octanol–water partition coefficient (Wildman–Crippen LogP) is 4.44. The highest BCUT2D eigenvalue weighted by atomic mass is 35.5. The van der Waals surface area contributed by atoms with Gasteiger partial charge in [-0.05, 0) is 43.5 Å². The van der Waals surface area contributed by atoms with E-state index in [9.17, 15) is 0 Å². The second kappa shape index (κ2) is 5.79. The predicted molar refractivity (Wildman–Crippen MR) is 95.0 cm³/mol. The van der Waals surface area contributed by atoms with Crippen molar-refractivity contribution in [2.75, 3.05) is 6.54 Å². The average molecular weight is 313 g/mol. The molecule has 0 radical (unpaired) electrons. The topological polar surface area (TPSA) is 27.8 Å². The number of nitrogens with one attached hydrogen (secondary N) is 2. The third-order valence-electron chi connectivity index (χ3n) is 4.52. The molecule has 2 nitrogen and oxygen atoms in total. The number of hydrogen-bond donors (Lipinski definition) is 2. The zero-order valence-corrected chi connectivity index (χ0v) is 13.8. The molecule has 2 heterocycles. The van der Waals surface area contributed by atoms with Crippen LogP contribution in [0, 0.1) is 13.8 Å². The first-order chi connectivity index (χ1) is 10.2. The second-order valence-electron chi connectivity index (χ2n) is 6.11. The third kappa shape index (κ3) is 2.43. The van der Waals surface area contributed by atoms with E-state index in [1.807, 2.05) is 0 Å². The summed E-state index contributed by atoms with van der Waals surface area (Å²) in [6, 6.07) is 15.8. The number of benzene rings is 2. The summed E-state index contributed by atoms with van der Waals surface area (Å²) in [5.74, 6) is 0. The maximum absolute atomic E-state index is 3.66. The van der Waals surface area contributed by atoms with Crippen LogP contribution in [0.15, 0.2) is 42.5 Å². The Labute approximate surface area is 137 Å². The first-order valence-corrected chi connectivity index (χ1v) is 7.63. The van der Waals surface area contributed by atoms with Crippen molar-refractivity contribution in [3.63, 3.8) is 0 Å². The maximum atomic E-state index is 3.66. The second-order valence-corrected chi connectivity index (χ2v) is 6.11. The summed E-state index contributed by atoms with van der Waals surface area (Å²) in [4.78, 5) is 3.64. The van der Waals surface area contributed by atoms with Crippen LogP contribution < -0.4 is 5.32 Å². The summed E-state index contributed by atoms with van der Waals surface area (Å²) < 4.78 is 0. The number of H-pyrrole nitrogens is 1. The molecule has 1 aliphatic heterocycles. The van der Waals surface area contributed by atoms with Gasteiger partial charge >= 0.3 is 0 Å². The van der Waals surface area contributed by atoms with Gasteiger partial charge in [-0.2, -0.15) is 0 Å². The van der Waals surface area contributed by atoms with E-state index in [-0.39, 0.29) is 18.4 Å². The van der Waals surface area contributed by atoms with Crippen molar-refractivity contribution in [2.24, 2.45) is 0 Å². The standard InChI is InChI=1S/C19H20N2.ClH/c1-12-3-6-14(7-4-12)18-19-15(9-10-20-18)16-11-13(2)5-8-17(16)21-19;/h3-8,11,18,20-21H,9-10H2,1-2H3;1H. The van der Waals surface area contributed by atoms with Crippen LogP contribution in [0.2, 0.25) is 0 Å². The van der Waals surface area contributed by atoms with Gasteiger partial charge < -0.3 is 10.3 Å². The summed E-state index contributed by atoms with van der Waals surface area (Å²) in [5.41, 5.74) is 8.05. The molecule has 3 aromatic rings. The lowest BCUT2D eigenvalue weighted by Gasteiger charge is -2.25. The fourth-order valence-electron chi connectivity index (χ4n) is 3.39. The molecule has 114 valence electrons. The van der Waals surface area contributed by atoms with Gasteiger partial charge in [0.1, 0.15) is 0 Å². The summed E-state index contributed by atoms with van der Waals surface area (Å²) >= 11 is 0. The molecule has 0 amide bonds. The zero-order chi connectivity index (χ0) is 14.4. The molecule has 1 aliphatic rings. The number of halogens is 1. The van der Waals surface area contributed by atoms with E-state index in [2.05, 4.69) is 66.6 Å². The molecule has 0 saturated heterocycles. The Kier molecular flexibility index (Phi) is 3.98. The molecule has 1 atom stereocenters. The molecule has 3 heteroatoms. The van der Waals surface area contributed by atoms with Gasteiger partial charge in [0.05, 0.1) is 6.04 Å². The van der Waals surface area contributed by atoms with Gasteiger partial charge in [0, 0.05) is 23.1 Å². The van der Waals surface area contributed by atoms with Crippen LogP contribution in [-0.4, -0.2) is 11.5 Å². The molecule has 0 spiro atoms. The summed E-state index contributed by atoms with van der Waals surface area (Å²) in [7, 11) is 0. The highest BCUT2D eigenvalue weighted by Gasteiger charge is 2.24. The normalized spacial score (nSPS) is 17.1. The van der Waals surface area contributed by atoms with Crippen molar-refractivity contribution in [2.45, 2.75) is 26.3 Å². The zero-order valence-electron chi connectivity index (χ0n) is 12.9. The molecule has 0 aliphatic carbocycles. The van der Waals surface area contributed by atoms with Crippen LogP contribution in [0.4, 0.5) is 0 Å². The molecule has 0 saturated carbocycles. The highest BCUT2D eigenvalue weighted by Crippen LogP contribution is 2.33. The largest absolute Gasteiger partial charge is 0.357 e. The lowest BCUT2D eigenvalue weighted by Crippen LogP contribution is -2.30. The van der Waals surface area contributed by atoms with Crippen molar-refractivity contribution >= 4 is 23.3 Å². The average Bonchev–Trinajstić information content (AvgIpc) is 2.86. The van der Waals surface area contributed by atoms with Gasteiger partial charge in [-0.1, -0.05) is 41.5 Å². The highest BCUT2D eigenvalue weighted by molar-refractivity contribution is 5.86. The number of fused-ring (bicyclic) bond motifs is 3. The molecule has 1 unspecified atom stereocenters. The van der Waals surface area contributed by atoms with Gasteiger partial charge in [0.25, 0.3) is 0 Å². The number of hydrogen-bond acceptors (Lipinski definition) is 1. The number of aromatic amines is 1. The van der Waals surface area contributed by atoms with Crippen molar-refractivity contribution in [3.8, 4) is 0 Å². The van der Waals surface area contributed by atoms with Gasteiger partial charge in [-0.25, -0.2) is 0 Å². The van der Waals surface area contributed by atoms with Crippen LogP contribution in [0.1, 0.15) is 34.0 Å². The Hall–Kier alpha value is -1.77. The van der Waals surface area contributed by atoms with E-state index in [0.29, 0.717) is 0 Å². The number of rotatable bonds is 1. The lowest BCUT2D eigenvalue weighted by molar-refractivity contribution is 0.560. The molecule has 0 bridgehead atoms. The Morgan fingerprint density at radius 3 is 2.45 bits per heavy atom. The van der Waals surface area contributed by atoms with E-state index in [0.717, 1.165) is 13.0 Å². The molecule has 1 aromatic heterocycles. The fraction of sp³-hybridized carbons (Fsp3) is 0.263. The molecular weight excluding hydrogens is 292 g/mol. The van der Waals surface area contributed by atoms with Crippen molar-refractivity contribution in [1.29, 1.82) is 0 Å². The molecule has 22 heavy (non-hydrogen) atoms. The van der Waals surface area contributed by atoms with Gasteiger partial charge in [0.2, 0.25) is 0 Å². The van der Waals surface area contributed by atoms with Crippen molar-refractivity contribution in [1.82, 2.24) is 10.3 Å². The monoisotopic (exact) mass is 312 g/mol. The minimum absolute atomic E-state index is 0. The Morgan fingerprint density at radius 2 is 1.68 bits per heavy atom. The van der Waals surface area contributed by atoms with Gasteiger partial charge in [-0.3, -0.25) is 0 Å². The summed E-state index contributed by atoms with van der Waals surface area (Å²) in [5, 5.41) is 5.05. The first kappa shape index (κ1) is 15.1. The lowest BCUT2D eigenvalue weighted by atomic mass is 9.94. The Balaban J connectivity index is 0.00000144. The Bertz CT molecular complexity index is 802. The summed E-state index contributed by atoms with van der Waals surface area (Å²) in [6.45, 7) is 5.33. The van der Waals surface area contributed by atoms with E-state index in [1.54, 1.807) is 0 Å². The quantitative estimate of drug-likeness (QED) is 0.683. The van der Waals surface area contributed by atoms with Crippen LogP contribution in [-0.2, 0) is 6.42 Å². The maximum Gasteiger partial charge on any atom is 0.0732 e. The van der Waals surface area contributed by atoms with Crippen LogP contribution in [0.5, 0.6) is 0 Å². The van der Waals surface area contributed by atoms with Gasteiger partial charge in [0.15, 0.2) is 0 Å². The number of aromatic nitrogens is 1. The van der Waals surface area contributed by atoms with Crippen LogP contribution >= 0.6 is 12.4 Å². The summed E-state index contributed by atoms with van der Waals surface area (Å²) in [6.07, 6.45) is 1.10. The van der Waals surface area contributed by atoms with Crippen molar-refractivity contribution < 1.29 is 0 Å². The molecule has 2 N–H and O–H groups in total. The molecule has 0 fully saturated rings. The van der Waals surface area contributed by atoms with E-state index in [1.165, 1.54) is 38.9 Å². The van der Waals surface area contributed by atoms with E-state index in [4.69, 9.17) is 0 Å². The molecule has 2 aromatic carbocycles. The SMILES string of the molecule is Cc1ccc(C2NCCc3c2[nH]c2ccc(C)cc32)cc1.Cl. The first-order valence-electron chi connectivity index (χ1n) is 7.63. The smallest absolute Gasteiger partial charge is 0.0732 e. The fourth-order valence-corrected chi connectivity index (χ4v) is 3.39. The third-order valence-corrected chi connectivity index (χ3v) is 4.52. The molecule has 4 rings (SSSR count). The van der Waals surface area contributed by atoms with Crippen LogP contribution in [0.3, 0.4) is 0 Å².